The normalized spacial score (nSPS) is 16.0. The topological polar surface area (TPSA) is 24.5 Å². The molecular weight excluding hydrogens is 332 g/mol. The van der Waals surface area contributed by atoms with E-state index in [1.54, 1.807) is 7.11 Å². The highest BCUT2D eigenvalue weighted by atomic mass is 16.5. The van der Waals surface area contributed by atoms with Gasteiger partial charge in [-0.1, -0.05) is 66.7 Å². The Kier molecular flexibility index (Phi) is 5.52. The highest BCUT2D eigenvalue weighted by Crippen LogP contribution is 2.31. The van der Waals surface area contributed by atoms with Crippen LogP contribution in [0.5, 0.6) is 5.75 Å². The standard InChI is InChI=1S/C24H26N2O/c1-27-23-13-11-22(12-14-23)24(26-17-15-25-16-18-26)21-9-7-20(8-10-21)19-5-3-2-4-6-19/h2-14,24-25H,15-18H2,1H3. The lowest BCUT2D eigenvalue weighted by Crippen LogP contribution is -2.45. The van der Waals surface area contributed by atoms with Crippen molar-refractivity contribution in [2.24, 2.45) is 0 Å². The smallest absolute Gasteiger partial charge is 0.118 e. The van der Waals surface area contributed by atoms with Gasteiger partial charge in [0.1, 0.15) is 5.75 Å². The number of hydrogen-bond donors (Lipinski definition) is 1. The third-order valence-electron chi connectivity index (χ3n) is 5.28. The highest BCUT2D eigenvalue weighted by Gasteiger charge is 2.24. The summed E-state index contributed by atoms with van der Waals surface area (Å²) in [6.45, 7) is 4.18. The molecule has 0 radical (unpaired) electrons. The molecule has 1 fully saturated rings. The lowest BCUT2D eigenvalue weighted by molar-refractivity contribution is 0.198. The number of rotatable bonds is 5. The van der Waals surface area contributed by atoms with Gasteiger partial charge < -0.3 is 10.1 Å². The second kappa shape index (κ2) is 8.38. The molecular formula is C24H26N2O. The summed E-state index contributed by atoms with van der Waals surface area (Å²) in [5.74, 6) is 0.900. The van der Waals surface area contributed by atoms with Gasteiger partial charge in [-0.15, -0.1) is 0 Å². The number of nitrogens with zero attached hydrogens (tertiary/aromatic N) is 1. The van der Waals surface area contributed by atoms with E-state index in [-0.39, 0.29) is 6.04 Å². The Morgan fingerprint density at radius 1 is 0.741 bits per heavy atom. The highest BCUT2D eigenvalue weighted by molar-refractivity contribution is 5.63. The average Bonchev–Trinajstić information content (AvgIpc) is 2.76. The van der Waals surface area contributed by atoms with Gasteiger partial charge >= 0.3 is 0 Å². The first-order valence-electron chi connectivity index (χ1n) is 9.59. The lowest BCUT2D eigenvalue weighted by atomic mass is 9.94. The first-order chi connectivity index (χ1) is 13.3. The van der Waals surface area contributed by atoms with E-state index in [0.717, 1.165) is 31.9 Å². The zero-order chi connectivity index (χ0) is 18.5. The van der Waals surface area contributed by atoms with E-state index >= 15 is 0 Å². The van der Waals surface area contributed by atoms with Gasteiger partial charge in [0.2, 0.25) is 0 Å². The predicted molar refractivity (Wildman–Crippen MR) is 111 cm³/mol. The lowest BCUT2D eigenvalue weighted by Gasteiger charge is -2.35. The third-order valence-corrected chi connectivity index (χ3v) is 5.28. The number of methoxy groups -OCH3 is 1. The van der Waals surface area contributed by atoms with Crippen LogP contribution in [0.15, 0.2) is 78.9 Å². The second-order valence-electron chi connectivity index (χ2n) is 6.95. The molecule has 27 heavy (non-hydrogen) atoms. The van der Waals surface area contributed by atoms with Gasteiger partial charge in [0.15, 0.2) is 0 Å². The average molecular weight is 358 g/mol. The Morgan fingerprint density at radius 2 is 1.30 bits per heavy atom. The summed E-state index contributed by atoms with van der Waals surface area (Å²) >= 11 is 0. The molecule has 1 N–H and O–H groups in total. The minimum atomic E-state index is 0.267. The first-order valence-corrected chi connectivity index (χ1v) is 9.59. The summed E-state index contributed by atoms with van der Waals surface area (Å²) in [6, 6.07) is 28.3. The van der Waals surface area contributed by atoms with Crippen LogP contribution in [0.1, 0.15) is 17.2 Å². The summed E-state index contributed by atoms with van der Waals surface area (Å²) < 4.78 is 5.34. The first kappa shape index (κ1) is 17.8. The molecule has 1 aliphatic rings. The molecule has 0 aromatic heterocycles. The van der Waals surface area contributed by atoms with Gasteiger partial charge in [-0.05, 0) is 34.4 Å². The molecule has 3 aromatic carbocycles. The summed E-state index contributed by atoms with van der Waals surface area (Å²) in [5.41, 5.74) is 5.16. The molecule has 1 heterocycles. The number of hydrogen-bond acceptors (Lipinski definition) is 3. The molecule has 4 rings (SSSR count). The maximum atomic E-state index is 5.34. The molecule has 1 aliphatic heterocycles. The van der Waals surface area contributed by atoms with Crippen molar-refractivity contribution >= 4 is 0 Å². The van der Waals surface area contributed by atoms with Crippen LogP contribution >= 0.6 is 0 Å². The van der Waals surface area contributed by atoms with Gasteiger partial charge in [-0.2, -0.15) is 0 Å². The third kappa shape index (κ3) is 4.05. The van der Waals surface area contributed by atoms with Gasteiger partial charge in [0, 0.05) is 26.2 Å². The van der Waals surface area contributed by atoms with Gasteiger partial charge in [-0.25, -0.2) is 0 Å². The van der Waals surface area contributed by atoms with Gasteiger partial charge in [-0.3, -0.25) is 4.90 Å². The molecule has 3 aromatic rings. The van der Waals surface area contributed by atoms with E-state index in [1.807, 2.05) is 0 Å². The summed E-state index contributed by atoms with van der Waals surface area (Å²) in [7, 11) is 1.71. The molecule has 0 bridgehead atoms. The molecule has 138 valence electrons. The van der Waals surface area contributed by atoms with E-state index in [1.165, 1.54) is 22.3 Å². The fraction of sp³-hybridized carbons (Fsp3) is 0.250. The van der Waals surface area contributed by atoms with Crippen molar-refractivity contribution in [2.45, 2.75) is 6.04 Å². The number of piperazine rings is 1. The quantitative estimate of drug-likeness (QED) is 0.733. The van der Waals surface area contributed by atoms with Crippen molar-refractivity contribution in [1.82, 2.24) is 10.2 Å². The van der Waals surface area contributed by atoms with E-state index in [2.05, 4.69) is 89.1 Å². The van der Waals surface area contributed by atoms with Crippen LogP contribution < -0.4 is 10.1 Å². The molecule has 3 nitrogen and oxygen atoms in total. The van der Waals surface area contributed by atoms with Crippen LogP contribution in [0.2, 0.25) is 0 Å². The van der Waals surface area contributed by atoms with Crippen LogP contribution in [0, 0.1) is 0 Å². The summed E-state index contributed by atoms with van der Waals surface area (Å²) in [5, 5.41) is 3.46. The molecule has 0 saturated carbocycles. The fourth-order valence-corrected chi connectivity index (χ4v) is 3.83. The molecule has 0 aliphatic carbocycles. The second-order valence-corrected chi connectivity index (χ2v) is 6.95. The Balaban J connectivity index is 1.67. The molecule has 1 atom stereocenters. The van der Waals surface area contributed by atoms with Gasteiger partial charge in [0.25, 0.3) is 0 Å². The number of nitrogens with one attached hydrogen (secondary N) is 1. The molecule has 3 heteroatoms. The molecule has 0 amide bonds. The van der Waals surface area contributed by atoms with Crippen LogP contribution in [0.4, 0.5) is 0 Å². The molecule has 0 spiro atoms. The monoisotopic (exact) mass is 358 g/mol. The Labute approximate surface area is 161 Å². The van der Waals surface area contributed by atoms with Crippen LogP contribution in [0.25, 0.3) is 11.1 Å². The van der Waals surface area contributed by atoms with Crippen LogP contribution in [0.3, 0.4) is 0 Å². The predicted octanol–water partition coefficient (Wildman–Crippen LogP) is 4.36. The van der Waals surface area contributed by atoms with Crippen molar-refractivity contribution in [3.05, 3.63) is 90.0 Å². The van der Waals surface area contributed by atoms with E-state index < -0.39 is 0 Å². The SMILES string of the molecule is COc1ccc(C(c2ccc(-c3ccccc3)cc2)N2CCNCC2)cc1. The zero-order valence-corrected chi connectivity index (χ0v) is 15.8. The van der Waals surface area contributed by atoms with Crippen molar-refractivity contribution in [2.75, 3.05) is 33.3 Å². The van der Waals surface area contributed by atoms with E-state index in [4.69, 9.17) is 4.74 Å². The minimum absolute atomic E-state index is 0.267. The largest absolute Gasteiger partial charge is 0.497 e. The zero-order valence-electron chi connectivity index (χ0n) is 15.8. The fourth-order valence-electron chi connectivity index (χ4n) is 3.83. The van der Waals surface area contributed by atoms with Crippen molar-refractivity contribution < 1.29 is 4.74 Å². The Hall–Kier alpha value is -2.62. The summed E-state index contributed by atoms with van der Waals surface area (Å²) in [4.78, 5) is 2.57. The van der Waals surface area contributed by atoms with E-state index in [0.29, 0.717) is 0 Å². The van der Waals surface area contributed by atoms with Crippen molar-refractivity contribution in [1.29, 1.82) is 0 Å². The molecule has 1 unspecified atom stereocenters. The number of benzene rings is 3. The van der Waals surface area contributed by atoms with Crippen molar-refractivity contribution in [3.63, 3.8) is 0 Å². The van der Waals surface area contributed by atoms with E-state index in [9.17, 15) is 0 Å². The Morgan fingerprint density at radius 3 is 1.89 bits per heavy atom. The maximum absolute atomic E-state index is 5.34. The Bertz CT molecular complexity index is 838. The van der Waals surface area contributed by atoms with Crippen LogP contribution in [-0.4, -0.2) is 38.2 Å². The minimum Gasteiger partial charge on any atom is -0.497 e. The maximum Gasteiger partial charge on any atom is 0.118 e. The molecule has 1 saturated heterocycles. The van der Waals surface area contributed by atoms with Gasteiger partial charge in [0.05, 0.1) is 13.2 Å². The summed E-state index contributed by atoms with van der Waals surface area (Å²) in [6.07, 6.45) is 0. The van der Waals surface area contributed by atoms with Crippen LogP contribution in [-0.2, 0) is 0 Å². The number of ether oxygens (including phenoxy) is 1. The van der Waals surface area contributed by atoms with Crippen molar-refractivity contribution in [3.8, 4) is 16.9 Å².